The van der Waals surface area contributed by atoms with E-state index in [1.165, 1.54) is 0 Å². The molecule has 1 amide bonds. The van der Waals surface area contributed by atoms with Crippen LogP contribution in [0, 0.1) is 0 Å². The van der Waals surface area contributed by atoms with E-state index < -0.39 is 0 Å². The molecule has 33 heavy (non-hydrogen) atoms. The maximum Gasteiger partial charge on any atom is 0.251 e. The largest absolute Gasteiger partial charge is 0.490 e. The minimum atomic E-state index is -0.0619. The van der Waals surface area contributed by atoms with Crippen molar-refractivity contribution in [1.29, 1.82) is 0 Å². The van der Waals surface area contributed by atoms with E-state index in [9.17, 15) is 4.79 Å². The van der Waals surface area contributed by atoms with Crippen molar-refractivity contribution in [3.8, 4) is 11.5 Å². The summed E-state index contributed by atoms with van der Waals surface area (Å²) in [6, 6.07) is 13.5. The van der Waals surface area contributed by atoms with E-state index in [1.807, 2.05) is 70.2 Å². The molecule has 0 saturated heterocycles. The number of carbonyl (C=O) groups is 1. The summed E-state index contributed by atoms with van der Waals surface area (Å²) in [6.07, 6.45) is 0. The van der Waals surface area contributed by atoms with Crippen molar-refractivity contribution >= 4 is 35.8 Å². The normalized spacial score (nSPS) is 11.7. The molecular weight excluding hydrogens is 531 g/mol. The Bertz CT molecular complexity index is 888. The third-order valence-electron chi connectivity index (χ3n) is 4.74. The molecule has 1 unspecified atom stereocenters. The standard InChI is InChI=1S/C25H36N4O3.HI/c1-6-26-24(30)20-12-10-19(11-13-20)17-28-25(27-7-2)29-18(5)21-14-15-22(31-8-3)23(16-21)32-9-4;/h10-16,18H,6-9,17H2,1-5H3,(H,26,30)(H2,27,28,29);1H. The molecule has 1 atom stereocenters. The Kier molecular flexibility index (Phi) is 13.3. The quantitative estimate of drug-likeness (QED) is 0.209. The molecule has 7 nitrogen and oxygen atoms in total. The molecule has 0 bridgehead atoms. The molecule has 2 aromatic rings. The Morgan fingerprint density at radius 3 is 2.15 bits per heavy atom. The highest BCUT2D eigenvalue weighted by molar-refractivity contribution is 14.0. The van der Waals surface area contributed by atoms with Gasteiger partial charge in [0.15, 0.2) is 17.5 Å². The number of aliphatic imine (C=N–C) groups is 1. The van der Waals surface area contributed by atoms with Crippen LogP contribution in [0.3, 0.4) is 0 Å². The van der Waals surface area contributed by atoms with E-state index in [-0.39, 0.29) is 35.9 Å². The monoisotopic (exact) mass is 568 g/mol. The Balaban J connectivity index is 0.00000544. The van der Waals surface area contributed by atoms with E-state index >= 15 is 0 Å². The zero-order valence-corrected chi connectivity index (χ0v) is 22.6. The number of nitrogens with one attached hydrogen (secondary N) is 3. The molecule has 182 valence electrons. The fourth-order valence-electron chi connectivity index (χ4n) is 3.14. The molecule has 0 aliphatic carbocycles. The first kappa shape index (κ1) is 28.5. The van der Waals surface area contributed by atoms with Crippen molar-refractivity contribution in [3.05, 3.63) is 59.2 Å². The average molecular weight is 569 g/mol. The fourth-order valence-corrected chi connectivity index (χ4v) is 3.14. The molecule has 0 saturated carbocycles. The van der Waals surface area contributed by atoms with Crippen LogP contribution in [0.5, 0.6) is 11.5 Å². The van der Waals surface area contributed by atoms with Gasteiger partial charge in [-0.3, -0.25) is 4.79 Å². The number of hydrogen-bond acceptors (Lipinski definition) is 4. The number of ether oxygens (including phenoxy) is 2. The summed E-state index contributed by atoms with van der Waals surface area (Å²) in [5, 5.41) is 9.54. The number of guanidine groups is 1. The number of halogens is 1. The van der Waals surface area contributed by atoms with Crippen molar-refractivity contribution in [2.24, 2.45) is 4.99 Å². The molecule has 0 heterocycles. The van der Waals surface area contributed by atoms with Crippen LogP contribution in [0.1, 0.15) is 62.1 Å². The lowest BCUT2D eigenvalue weighted by molar-refractivity contribution is 0.0956. The van der Waals surface area contributed by atoms with Gasteiger partial charge in [-0.05, 0) is 70.0 Å². The van der Waals surface area contributed by atoms with E-state index in [1.54, 1.807) is 0 Å². The Hall–Kier alpha value is -2.49. The van der Waals surface area contributed by atoms with E-state index in [0.717, 1.165) is 35.1 Å². The Morgan fingerprint density at radius 1 is 0.909 bits per heavy atom. The Morgan fingerprint density at radius 2 is 1.55 bits per heavy atom. The maximum absolute atomic E-state index is 11.9. The van der Waals surface area contributed by atoms with Crippen LogP contribution >= 0.6 is 24.0 Å². The van der Waals surface area contributed by atoms with Gasteiger partial charge in [0.2, 0.25) is 0 Å². The summed E-state index contributed by atoms with van der Waals surface area (Å²) in [6.45, 7) is 13.0. The van der Waals surface area contributed by atoms with Crippen LogP contribution in [0.4, 0.5) is 0 Å². The molecule has 0 radical (unpaired) electrons. The van der Waals surface area contributed by atoms with Crippen LogP contribution in [0.2, 0.25) is 0 Å². The third-order valence-corrected chi connectivity index (χ3v) is 4.74. The van der Waals surface area contributed by atoms with Gasteiger partial charge in [0.25, 0.3) is 5.91 Å². The molecule has 8 heteroatoms. The van der Waals surface area contributed by atoms with Gasteiger partial charge in [0.1, 0.15) is 0 Å². The van der Waals surface area contributed by atoms with Gasteiger partial charge in [-0.1, -0.05) is 18.2 Å². The molecule has 0 aliphatic rings. The summed E-state index contributed by atoms with van der Waals surface area (Å²) >= 11 is 0. The maximum atomic E-state index is 11.9. The van der Waals surface area contributed by atoms with Gasteiger partial charge in [0, 0.05) is 18.7 Å². The SMILES string of the molecule is CCNC(=O)c1ccc(CN=C(NCC)NC(C)c2ccc(OCC)c(OCC)c2)cc1.I. The Labute approximate surface area is 214 Å². The van der Waals surface area contributed by atoms with Gasteiger partial charge in [0.05, 0.1) is 25.8 Å². The van der Waals surface area contributed by atoms with Gasteiger partial charge < -0.3 is 25.4 Å². The average Bonchev–Trinajstić information content (AvgIpc) is 2.79. The number of benzene rings is 2. The lowest BCUT2D eigenvalue weighted by atomic mass is 10.1. The second-order valence-electron chi connectivity index (χ2n) is 7.19. The number of nitrogens with zero attached hydrogens (tertiary/aromatic N) is 1. The van der Waals surface area contributed by atoms with Crippen molar-refractivity contribution < 1.29 is 14.3 Å². The highest BCUT2D eigenvalue weighted by Crippen LogP contribution is 2.30. The topological polar surface area (TPSA) is 84.0 Å². The second-order valence-corrected chi connectivity index (χ2v) is 7.19. The van der Waals surface area contributed by atoms with E-state index in [4.69, 9.17) is 14.5 Å². The molecule has 3 N–H and O–H groups in total. The number of amides is 1. The summed E-state index contributed by atoms with van der Waals surface area (Å²) < 4.78 is 11.4. The zero-order chi connectivity index (χ0) is 23.3. The van der Waals surface area contributed by atoms with Crippen molar-refractivity contribution in [1.82, 2.24) is 16.0 Å². The minimum Gasteiger partial charge on any atom is -0.490 e. The van der Waals surface area contributed by atoms with Crippen LogP contribution in [0.15, 0.2) is 47.5 Å². The van der Waals surface area contributed by atoms with Crippen LogP contribution < -0.4 is 25.4 Å². The number of hydrogen-bond donors (Lipinski definition) is 3. The van der Waals surface area contributed by atoms with Crippen LogP contribution in [0.25, 0.3) is 0 Å². The summed E-state index contributed by atoms with van der Waals surface area (Å²) in [5.41, 5.74) is 2.76. The minimum absolute atomic E-state index is 0. The predicted octanol–water partition coefficient (Wildman–Crippen LogP) is 4.67. The van der Waals surface area contributed by atoms with E-state index in [2.05, 4.69) is 22.9 Å². The molecular formula is C25H37IN4O3. The van der Waals surface area contributed by atoms with Gasteiger partial charge in [-0.15, -0.1) is 24.0 Å². The lowest BCUT2D eigenvalue weighted by Crippen LogP contribution is -2.38. The molecule has 0 aliphatic heterocycles. The predicted molar refractivity (Wildman–Crippen MR) is 145 cm³/mol. The first-order valence-corrected chi connectivity index (χ1v) is 11.3. The molecule has 2 aromatic carbocycles. The second kappa shape index (κ2) is 15.4. The van der Waals surface area contributed by atoms with Crippen molar-refractivity contribution in [3.63, 3.8) is 0 Å². The summed E-state index contributed by atoms with van der Waals surface area (Å²) in [5.74, 6) is 2.16. The summed E-state index contributed by atoms with van der Waals surface area (Å²) in [4.78, 5) is 16.6. The van der Waals surface area contributed by atoms with Gasteiger partial charge in [-0.2, -0.15) is 0 Å². The smallest absolute Gasteiger partial charge is 0.251 e. The highest BCUT2D eigenvalue weighted by Gasteiger charge is 2.12. The van der Waals surface area contributed by atoms with Crippen LogP contribution in [-0.4, -0.2) is 38.2 Å². The molecule has 0 fully saturated rings. The number of rotatable bonds is 11. The fraction of sp³-hybridized carbons (Fsp3) is 0.440. The first-order valence-electron chi connectivity index (χ1n) is 11.3. The molecule has 0 aromatic heterocycles. The zero-order valence-electron chi connectivity index (χ0n) is 20.2. The van der Waals surface area contributed by atoms with E-state index in [0.29, 0.717) is 31.9 Å². The molecule has 2 rings (SSSR count). The highest BCUT2D eigenvalue weighted by atomic mass is 127. The van der Waals surface area contributed by atoms with Gasteiger partial charge >= 0.3 is 0 Å². The molecule has 0 spiro atoms. The summed E-state index contributed by atoms with van der Waals surface area (Å²) in [7, 11) is 0. The third kappa shape index (κ3) is 9.11. The van der Waals surface area contributed by atoms with Crippen LogP contribution in [-0.2, 0) is 6.54 Å². The lowest BCUT2D eigenvalue weighted by Gasteiger charge is -2.20. The van der Waals surface area contributed by atoms with Gasteiger partial charge in [-0.25, -0.2) is 4.99 Å². The van der Waals surface area contributed by atoms with Crippen molar-refractivity contribution in [2.45, 2.75) is 47.2 Å². The first-order chi connectivity index (χ1) is 15.5. The number of carbonyl (C=O) groups excluding carboxylic acids is 1. The van der Waals surface area contributed by atoms with Crippen molar-refractivity contribution in [2.75, 3.05) is 26.3 Å².